The number of fused-ring (bicyclic) bond motifs is 1. The smallest absolute Gasteiger partial charge is 0.294 e. The van der Waals surface area contributed by atoms with E-state index in [0.29, 0.717) is 17.5 Å². The number of carbonyl (C=O) groups excluding carboxylic acids is 2. The highest BCUT2D eigenvalue weighted by molar-refractivity contribution is 7.85. The molecule has 1 aliphatic heterocycles. The number of hydrogen-bond donors (Lipinski definition) is 2. The van der Waals surface area contributed by atoms with Crippen LogP contribution in [0.5, 0.6) is 0 Å². The summed E-state index contributed by atoms with van der Waals surface area (Å²) < 4.78 is 29.6. The summed E-state index contributed by atoms with van der Waals surface area (Å²) >= 11 is 0. The van der Waals surface area contributed by atoms with E-state index in [2.05, 4.69) is 0 Å². The molecular formula is C18H19NO6S. The molecule has 0 aliphatic carbocycles. The van der Waals surface area contributed by atoms with Crippen LogP contribution < -0.4 is 0 Å². The summed E-state index contributed by atoms with van der Waals surface area (Å²) in [7, 11) is -4.02. The van der Waals surface area contributed by atoms with E-state index < -0.39 is 10.1 Å². The Kier molecular flexibility index (Phi) is 6.25. The summed E-state index contributed by atoms with van der Waals surface area (Å²) in [5.41, 5.74) is 1.87. The number of aryl methyl sites for hydroxylation is 1. The van der Waals surface area contributed by atoms with Gasteiger partial charge in [0.25, 0.3) is 21.9 Å². The average molecular weight is 377 g/mol. The first-order valence-electron chi connectivity index (χ1n) is 7.86. The van der Waals surface area contributed by atoms with Crippen LogP contribution in [0.15, 0.2) is 53.4 Å². The van der Waals surface area contributed by atoms with E-state index >= 15 is 0 Å². The molecule has 138 valence electrons. The molecule has 8 heteroatoms. The lowest BCUT2D eigenvalue weighted by Crippen LogP contribution is -2.31. The second kappa shape index (κ2) is 8.22. The van der Waals surface area contributed by atoms with Gasteiger partial charge in [-0.3, -0.25) is 19.0 Å². The van der Waals surface area contributed by atoms with Crippen LogP contribution in [-0.4, -0.2) is 47.9 Å². The molecule has 0 fully saturated rings. The minimum Gasteiger partial charge on any atom is -0.396 e. The Morgan fingerprint density at radius 3 is 1.85 bits per heavy atom. The predicted molar refractivity (Wildman–Crippen MR) is 94.5 cm³/mol. The first-order chi connectivity index (χ1) is 12.3. The number of benzene rings is 2. The van der Waals surface area contributed by atoms with E-state index in [4.69, 9.17) is 9.66 Å². The first-order valence-corrected chi connectivity index (χ1v) is 9.30. The average Bonchev–Trinajstić information content (AvgIpc) is 2.85. The molecule has 0 saturated carbocycles. The Labute approximate surface area is 151 Å². The minimum atomic E-state index is -4.02. The van der Waals surface area contributed by atoms with Crippen LogP contribution in [0.1, 0.15) is 32.7 Å². The van der Waals surface area contributed by atoms with Crippen LogP contribution >= 0.6 is 0 Å². The van der Waals surface area contributed by atoms with E-state index in [1.165, 1.54) is 17.0 Å². The monoisotopic (exact) mass is 377 g/mol. The highest BCUT2D eigenvalue weighted by Crippen LogP contribution is 2.22. The lowest BCUT2D eigenvalue weighted by molar-refractivity contribution is 0.0645. The van der Waals surface area contributed by atoms with Gasteiger partial charge in [0.1, 0.15) is 0 Å². The number of aliphatic hydroxyl groups is 1. The molecule has 0 spiro atoms. The Morgan fingerprint density at radius 1 is 0.923 bits per heavy atom. The summed E-state index contributed by atoms with van der Waals surface area (Å²) in [6.45, 7) is 2.10. The van der Waals surface area contributed by atoms with E-state index in [1.807, 2.05) is 6.92 Å². The number of hydrogen-bond acceptors (Lipinski definition) is 5. The normalized spacial score (nSPS) is 13.3. The van der Waals surface area contributed by atoms with Crippen molar-refractivity contribution < 1.29 is 27.7 Å². The lowest BCUT2D eigenvalue weighted by atomic mass is 10.1. The Balaban J connectivity index is 0.000000197. The molecule has 2 N–H and O–H groups in total. The fourth-order valence-electron chi connectivity index (χ4n) is 2.38. The van der Waals surface area contributed by atoms with Crippen molar-refractivity contribution in [3.05, 3.63) is 65.2 Å². The number of amides is 2. The third kappa shape index (κ3) is 4.54. The second-order valence-electron chi connectivity index (χ2n) is 5.67. The van der Waals surface area contributed by atoms with Gasteiger partial charge in [-0.25, -0.2) is 0 Å². The van der Waals surface area contributed by atoms with Crippen molar-refractivity contribution in [1.29, 1.82) is 0 Å². The van der Waals surface area contributed by atoms with Crippen molar-refractivity contribution in [2.75, 3.05) is 13.2 Å². The summed E-state index contributed by atoms with van der Waals surface area (Å²) in [6.07, 6.45) is 0.422. The van der Waals surface area contributed by atoms with Crippen molar-refractivity contribution in [3.63, 3.8) is 0 Å². The zero-order chi connectivity index (χ0) is 19.3. The molecule has 2 aromatic rings. The highest BCUT2D eigenvalue weighted by Gasteiger charge is 2.34. The van der Waals surface area contributed by atoms with Gasteiger partial charge in [-0.15, -0.1) is 0 Å². The fraction of sp³-hybridized carbons (Fsp3) is 0.222. The predicted octanol–water partition coefficient (Wildman–Crippen LogP) is 1.91. The minimum absolute atomic E-state index is 0.0204. The molecule has 1 aliphatic rings. The van der Waals surface area contributed by atoms with Crippen molar-refractivity contribution in [1.82, 2.24) is 4.90 Å². The number of carbonyl (C=O) groups is 2. The van der Waals surface area contributed by atoms with E-state index in [-0.39, 0.29) is 29.9 Å². The third-order valence-corrected chi connectivity index (χ3v) is 4.60. The van der Waals surface area contributed by atoms with Gasteiger partial charge in [0.15, 0.2) is 0 Å². The molecule has 0 unspecified atom stereocenters. The van der Waals surface area contributed by atoms with E-state index in [9.17, 15) is 18.0 Å². The molecule has 0 bridgehead atoms. The first kappa shape index (κ1) is 19.8. The summed E-state index contributed by atoms with van der Waals surface area (Å²) in [5.74, 6) is -0.520. The molecule has 0 atom stereocenters. The van der Waals surface area contributed by atoms with E-state index in [0.717, 1.165) is 5.56 Å². The second-order valence-corrected chi connectivity index (χ2v) is 7.09. The molecule has 0 radical (unpaired) electrons. The van der Waals surface area contributed by atoms with Crippen molar-refractivity contribution in [2.24, 2.45) is 0 Å². The number of rotatable bonds is 4. The molecule has 0 aromatic heterocycles. The van der Waals surface area contributed by atoms with Crippen molar-refractivity contribution >= 4 is 21.9 Å². The van der Waals surface area contributed by atoms with Crippen LogP contribution in [0.25, 0.3) is 0 Å². The lowest BCUT2D eigenvalue weighted by Gasteiger charge is -2.11. The van der Waals surface area contributed by atoms with Gasteiger partial charge in [0.05, 0.1) is 16.0 Å². The maximum absolute atomic E-state index is 11.7. The molecule has 7 nitrogen and oxygen atoms in total. The molecule has 1 heterocycles. The van der Waals surface area contributed by atoms with Crippen molar-refractivity contribution in [3.8, 4) is 0 Å². The van der Waals surface area contributed by atoms with Crippen LogP contribution in [-0.2, 0) is 10.1 Å². The molecule has 2 amide bonds. The number of imide groups is 1. The maximum atomic E-state index is 11.7. The van der Waals surface area contributed by atoms with Crippen LogP contribution in [0, 0.1) is 6.92 Å². The van der Waals surface area contributed by atoms with Gasteiger partial charge in [-0.2, -0.15) is 8.42 Å². The van der Waals surface area contributed by atoms with E-state index in [1.54, 1.807) is 36.4 Å². The quantitative estimate of drug-likeness (QED) is 0.622. The molecular weight excluding hydrogens is 358 g/mol. The van der Waals surface area contributed by atoms with Crippen LogP contribution in [0.4, 0.5) is 0 Å². The maximum Gasteiger partial charge on any atom is 0.294 e. The summed E-state index contributed by atoms with van der Waals surface area (Å²) in [6, 6.07) is 12.8. The molecule has 0 saturated heterocycles. The van der Waals surface area contributed by atoms with Crippen molar-refractivity contribution in [2.45, 2.75) is 18.2 Å². The standard InChI is InChI=1S/C11H11NO3.C7H8O3S/c13-7-3-6-12-10(14)8-4-1-2-5-9(8)11(12)15;1-6-2-4-7(5-3-6)11(8,9)10/h1-2,4-5,13H,3,6-7H2;2-5H,1H3,(H,8,9,10). The van der Waals surface area contributed by atoms with Gasteiger partial charge < -0.3 is 5.11 Å². The fourth-order valence-corrected chi connectivity index (χ4v) is 2.86. The third-order valence-electron chi connectivity index (χ3n) is 3.74. The largest absolute Gasteiger partial charge is 0.396 e. The topological polar surface area (TPSA) is 112 Å². The molecule has 26 heavy (non-hydrogen) atoms. The highest BCUT2D eigenvalue weighted by atomic mass is 32.2. The Hall–Kier alpha value is -2.55. The SMILES string of the molecule is Cc1ccc(S(=O)(=O)O)cc1.O=C1c2ccccc2C(=O)N1CCCO. The van der Waals surface area contributed by atoms with Gasteiger partial charge in [0, 0.05) is 13.2 Å². The zero-order valence-electron chi connectivity index (χ0n) is 14.1. The Morgan fingerprint density at radius 2 is 1.42 bits per heavy atom. The summed E-state index contributed by atoms with van der Waals surface area (Å²) in [5, 5.41) is 8.67. The summed E-state index contributed by atoms with van der Waals surface area (Å²) in [4.78, 5) is 24.6. The van der Waals surface area contributed by atoms with Crippen LogP contribution in [0.3, 0.4) is 0 Å². The molecule has 3 rings (SSSR count). The Bertz CT molecular complexity index is 871. The van der Waals surface area contributed by atoms with Crippen LogP contribution in [0.2, 0.25) is 0 Å². The molecule has 2 aromatic carbocycles. The van der Waals surface area contributed by atoms with Gasteiger partial charge in [-0.1, -0.05) is 29.8 Å². The number of aliphatic hydroxyl groups excluding tert-OH is 1. The van der Waals surface area contributed by atoms with Gasteiger partial charge >= 0.3 is 0 Å². The zero-order valence-corrected chi connectivity index (χ0v) is 14.9. The van der Waals surface area contributed by atoms with Gasteiger partial charge in [-0.05, 0) is 37.6 Å². The van der Waals surface area contributed by atoms with Gasteiger partial charge in [0.2, 0.25) is 0 Å². The number of nitrogens with zero attached hydrogens (tertiary/aromatic N) is 1.